The zero-order valence-electron chi connectivity index (χ0n) is 13.7. The van der Waals surface area contributed by atoms with Crippen LogP contribution in [0, 0.1) is 0 Å². The summed E-state index contributed by atoms with van der Waals surface area (Å²) >= 11 is 0. The molecule has 1 aromatic heterocycles. The van der Waals surface area contributed by atoms with Crippen LogP contribution in [0.4, 0.5) is 0 Å². The van der Waals surface area contributed by atoms with Gasteiger partial charge in [0.05, 0.1) is 0 Å². The Labute approximate surface area is 144 Å². The normalized spacial score (nSPS) is 12.3. The van der Waals surface area contributed by atoms with Gasteiger partial charge in [0, 0.05) is 6.54 Å². The molecule has 2 aromatic carbocycles. The van der Waals surface area contributed by atoms with E-state index in [2.05, 4.69) is 11.6 Å². The van der Waals surface area contributed by atoms with E-state index in [0.717, 1.165) is 11.1 Å². The van der Waals surface area contributed by atoms with Crippen molar-refractivity contribution in [3.05, 3.63) is 116 Å². The molecule has 0 amide bonds. The van der Waals surface area contributed by atoms with Crippen LogP contribution in [-0.4, -0.2) is 9.55 Å². The summed E-state index contributed by atoms with van der Waals surface area (Å²) in [6.07, 6.45) is 4.99. The van der Waals surface area contributed by atoms with Crippen LogP contribution >= 0.6 is 0 Å². The fraction of sp³-hybridized carbons (Fsp3) is 0.0476. The van der Waals surface area contributed by atoms with Crippen LogP contribution in [0.1, 0.15) is 11.1 Å². The number of hydrogen-bond donors (Lipinski definition) is 1. The zero-order chi connectivity index (χ0) is 17.6. The van der Waals surface area contributed by atoms with Gasteiger partial charge in [-0.3, -0.25) is 14.2 Å². The summed E-state index contributed by atoms with van der Waals surface area (Å²) in [6.45, 7) is 3.95. The molecule has 0 unspecified atom stereocenters. The maximum absolute atomic E-state index is 12.8. The van der Waals surface area contributed by atoms with Gasteiger partial charge in [0.15, 0.2) is 0 Å². The molecule has 0 aliphatic heterocycles. The third-order valence-corrected chi connectivity index (χ3v) is 3.77. The highest BCUT2D eigenvalue weighted by molar-refractivity contribution is 5.49. The standard InChI is InChI=1S/C21H18N2O2/c1-2-13-23-19(15-17-11-7-4-8-12-17)20(24)22-18(21(23)25)14-16-9-5-3-6-10-16/h2-12,14-15H,1,13H2,(H,22,24)/b18-14-,19-15-. The summed E-state index contributed by atoms with van der Waals surface area (Å²) in [4.78, 5) is 28.1. The van der Waals surface area contributed by atoms with Gasteiger partial charge >= 0.3 is 0 Å². The largest absolute Gasteiger partial charge is 0.316 e. The molecule has 25 heavy (non-hydrogen) atoms. The van der Waals surface area contributed by atoms with E-state index in [1.165, 1.54) is 4.57 Å². The Kier molecular flexibility index (Phi) is 4.90. The minimum atomic E-state index is -0.313. The summed E-state index contributed by atoms with van der Waals surface area (Å²) in [7, 11) is 0. The lowest BCUT2D eigenvalue weighted by Gasteiger charge is -2.04. The van der Waals surface area contributed by atoms with Crippen LogP contribution in [0.2, 0.25) is 0 Å². The van der Waals surface area contributed by atoms with E-state index in [1.54, 1.807) is 18.2 Å². The van der Waals surface area contributed by atoms with Gasteiger partial charge in [-0.05, 0) is 23.3 Å². The molecular weight excluding hydrogens is 312 g/mol. The van der Waals surface area contributed by atoms with E-state index in [1.807, 2.05) is 60.7 Å². The lowest BCUT2D eigenvalue weighted by atomic mass is 10.2. The number of nitrogens with one attached hydrogen (secondary N) is 1. The number of hydrogen-bond acceptors (Lipinski definition) is 2. The molecule has 0 bridgehead atoms. The number of aromatic nitrogens is 2. The van der Waals surface area contributed by atoms with Crippen LogP contribution in [0.3, 0.4) is 0 Å². The molecule has 0 spiro atoms. The summed E-state index contributed by atoms with van der Waals surface area (Å²) in [6, 6.07) is 18.8. The molecule has 4 nitrogen and oxygen atoms in total. The van der Waals surface area contributed by atoms with Crippen molar-refractivity contribution >= 4 is 12.2 Å². The zero-order valence-corrected chi connectivity index (χ0v) is 13.7. The van der Waals surface area contributed by atoms with Crippen LogP contribution in [-0.2, 0) is 6.54 Å². The van der Waals surface area contributed by atoms with Crippen LogP contribution in [0.15, 0.2) is 82.9 Å². The highest BCUT2D eigenvalue weighted by Gasteiger charge is 2.04. The smallest absolute Gasteiger partial charge is 0.275 e. The van der Waals surface area contributed by atoms with E-state index in [4.69, 9.17) is 0 Å². The summed E-state index contributed by atoms with van der Waals surface area (Å²) in [5.41, 5.74) is 1.13. The van der Waals surface area contributed by atoms with Gasteiger partial charge in [0.1, 0.15) is 10.7 Å². The first-order chi connectivity index (χ1) is 12.2. The Balaban J connectivity index is 2.30. The second-order valence-electron chi connectivity index (χ2n) is 5.57. The van der Waals surface area contributed by atoms with Crippen molar-refractivity contribution in [2.75, 3.05) is 0 Å². The minimum Gasteiger partial charge on any atom is -0.316 e. The molecule has 0 aliphatic carbocycles. The third kappa shape index (κ3) is 3.75. The lowest BCUT2D eigenvalue weighted by molar-refractivity contribution is 0.717. The van der Waals surface area contributed by atoms with Crippen molar-refractivity contribution in [2.45, 2.75) is 6.54 Å². The molecule has 1 N–H and O–H groups in total. The molecule has 0 atom stereocenters. The van der Waals surface area contributed by atoms with Crippen molar-refractivity contribution < 1.29 is 0 Å². The van der Waals surface area contributed by atoms with E-state index in [0.29, 0.717) is 5.35 Å². The Morgan fingerprint density at radius 2 is 1.44 bits per heavy atom. The molecule has 0 saturated carbocycles. The van der Waals surface area contributed by atoms with Crippen LogP contribution < -0.4 is 21.8 Å². The maximum atomic E-state index is 12.8. The summed E-state index contributed by atoms with van der Waals surface area (Å²) in [5.74, 6) is 0. The second-order valence-corrected chi connectivity index (χ2v) is 5.57. The number of nitrogens with zero attached hydrogens (tertiary/aromatic N) is 1. The first kappa shape index (κ1) is 16.5. The third-order valence-electron chi connectivity index (χ3n) is 3.77. The quantitative estimate of drug-likeness (QED) is 0.735. The molecule has 1 heterocycles. The first-order valence-electron chi connectivity index (χ1n) is 7.96. The molecule has 124 valence electrons. The van der Waals surface area contributed by atoms with Crippen molar-refractivity contribution in [1.29, 1.82) is 0 Å². The Hall–Kier alpha value is -3.40. The molecular formula is C21H18N2O2. The Morgan fingerprint density at radius 1 is 0.880 bits per heavy atom. The highest BCUT2D eigenvalue weighted by Crippen LogP contribution is 1.98. The van der Waals surface area contributed by atoms with Crippen molar-refractivity contribution in [3.63, 3.8) is 0 Å². The fourth-order valence-electron chi connectivity index (χ4n) is 2.59. The molecule has 0 saturated heterocycles. The highest BCUT2D eigenvalue weighted by atomic mass is 16.1. The SMILES string of the molecule is C=CCn1c(=O)/c(=C/c2ccccc2)[nH]c(=O)/c1=C/c1ccccc1. The van der Waals surface area contributed by atoms with Gasteiger partial charge < -0.3 is 4.98 Å². The Morgan fingerprint density at radius 3 is 2.00 bits per heavy atom. The minimum absolute atomic E-state index is 0.253. The predicted octanol–water partition coefficient (Wildman–Crippen LogP) is 1.38. The van der Waals surface area contributed by atoms with Crippen molar-refractivity contribution in [1.82, 2.24) is 9.55 Å². The van der Waals surface area contributed by atoms with E-state index >= 15 is 0 Å². The number of benzene rings is 2. The Bertz CT molecular complexity index is 1110. The predicted molar refractivity (Wildman–Crippen MR) is 101 cm³/mol. The second kappa shape index (κ2) is 7.45. The first-order valence-corrected chi connectivity index (χ1v) is 7.96. The van der Waals surface area contributed by atoms with Gasteiger partial charge in [-0.15, -0.1) is 6.58 Å². The van der Waals surface area contributed by atoms with E-state index in [-0.39, 0.29) is 23.0 Å². The van der Waals surface area contributed by atoms with Crippen molar-refractivity contribution in [3.8, 4) is 0 Å². The molecule has 0 radical (unpaired) electrons. The van der Waals surface area contributed by atoms with Gasteiger partial charge in [0.2, 0.25) is 0 Å². The monoisotopic (exact) mass is 330 g/mol. The van der Waals surface area contributed by atoms with Gasteiger partial charge in [-0.25, -0.2) is 0 Å². The van der Waals surface area contributed by atoms with Gasteiger partial charge in [-0.2, -0.15) is 0 Å². The molecule has 3 aromatic rings. The average molecular weight is 330 g/mol. The number of rotatable bonds is 4. The van der Waals surface area contributed by atoms with E-state index < -0.39 is 0 Å². The van der Waals surface area contributed by atoms with Gasteiger partial charge in [0.25, 0.3) is 11.1 Å². The van der Waals surface area contributed by atoms with Crippen molar-refractivity contribution in [2.24, 2.45) is 0 Å². The van der Waals surface area contributed by atoms with Crippen LogP contribution in [0.25, 0.3) is 12.2 Å². The topological polar surface area (TPSA) is 54.9 Å². The molecule has 3 rings (SSSR count). The molecule has 0 aliphatic rings. The average Bonchev–Trinajstić information content (AvgIpc) is 2.64. The summed E-state index contributed by atoms with van der Waals surface area (Å²) < 4.78 is 1.44. The lowest BCUT2D eigenvalue weighted by Crippen LogP contribution is -2.53. The molecule has 4 heteroatoms. The van der Waals surface area contributed by atoms with Crippen LogP contribution in [0.5, 0.6) is 0 Å². The number of aromatic amines is 1. The van der Waals surface area contributed by atoms with E-state index in [9.17, 15) is 9.59 Å². The van der Waals surface area contributed by atoms with Gasteiger partial charge in [-0.1, -0.05) is 66.7 Å². The summed E-state index contributed by atoms with van der Waals surface area (Å²) in [5, 5.41) is 0.560. The number of allylic oxidation sites excluding steroid dienone is 1. The molecule has 0 fully saturated rings. The maximum Gasteiger partial charge on any atom is 0.275 e. The fourth-order valence-corrected chi connectivity index (χ4v) is 2.59. The number of H-pyrrole nitrogens is 1.